The Hall–Kier alpha value is -1.96. The normalized spacial score (nSPS) is 15.5. The van der Waals surface area contributed by atoms with Crippen LogP contribution in [0.25, 0.3) is 11.3 Å². The lowest BCUT2D eigenvalue weighted by molar-refractivity contribution is 0.431. The molecule has 2 N–H and O–H groups in total. The van der Waals surface area contributed by atoms with Crippen molar-refractivity contribution in [3.05, 3.63) is 48.2 Å². The second-order valence-corrected chi connectivity index (χ2v) is 6.75. The molecule has 116 valence electrons. The van der Waals surface area contributed by atoms with E-state index in [2.05, 4.69) is 15.2 Å². The van der Waals surface area contributed by atoms with Crippen molar-refractivity contribution in [2.45, 2.75) is 11.3 Å². The maximum absolute atomic E-state index is 12.6. The number of nitrogens with zero attached hydrogens (tertiary/aromatic N) is 1. The minimum Gasteiger partial charge on any atom is -0.356 e. The van der Waals surface area contributed by atoms with Gasteiger partial charge in [0, 0.05) is 24.7 Å². The molecule has 0 unspecified atom stereocenters. The molecule has 2 heterocycles. The SMILES string of the molecule is O=S(=O)(NCC1=CCNCC1)c1ccccc1-c1ccno1. The van der Waals surface area contributed by atoms with E-state index >= 15 is 0 Å². The van der Waals surface area contributed by atoms with Gasteiger partial charge in [0.2, 0.25) is 10.0 Å². The third kappa shape index (κ3) is 3.27. The summed E-state index contributed by atoms with van der Waals surface area (Å²) in [5, 5.41) is 6.83. The molecule has 7 heteroatoms. The number of aromatic nitrogens is 1. The Morgan fingerprint density at radius 3 is 2.86 bits per heavy atom. The van der Waals surface area contributed by atoms with Gasteiger partial charge in [0.05, 0.1) is 11.1 Å². The van der Waals surface area contributed by atoms with Crippen molar-refractivity contribution in [1.29, 1.82) is 0 Å². The molecule has 6 nitrogen and oxygen atoms in total. The van der Waals surface area contributed by atoms with Crippen molar-refractivity contribution in [3.8, 4) is 11.3 Å². The first kappa shape index (κ1) is 15.0. The number of rotatable bonds is 5. The molecule has 0 bridgehead atoms. The lowest BCUT2D eigenvalue weighted by Crippen LogP contribution is -2.30. The van der Waals surface area contributed by atoms with Gasteiger partial charge >= 0.3 is 0 Å². The van der Waals surface area contributed by atoms with Gasteiger partial charge in [-0.2, -0.15) is 0 Å². The van der Waals surface area contributed by atoms with E-state index in [9.17, 15) is 8.42 Å². The third-order valence-corrected chi connectivity index (χ3v) is 4.99. The summed E-state index contributed by atoms with van der Waals surface area (Å²) in [6.07, 6.45) is 4.37. The summed E-state index contributed by atoms with van der Waals surface area (Å²) in [7, 11) is -3.62. The Balaban J connectivity index is 1.85. The third-order valence-electron chi connectivity index (χ3n) is 3.53. The first-order chi connectivity index (χ1) is 10.7. The first-order valence-electron chi connectivity index (χ1n) is 7.05. The van der Waals surface area contributed by atoms with Crippen LogP contribution in [0.4, 0.5) is 0 Å². The van der Waals surface area contributed by atoms with Gasteiger partial charge in [0.1, 0.15) is 0 Å². The average molecular weight is 319 g/mol. The summed E-state index contributed by atoms with van der Waals surface area (Å²) in [5.74, 6) is 0.432. The fourth-order valence-corrected chi connectivity index (χ4v) is 3.60. The van der Waals surface area contributed by atoms with Crippen molar-refractivity contribution < 1.29 is 12.9 Å². The van der Waals surface area contributed by atoms with Crippen LogP contribution in [0.1, 0.15) is 6.42 Å². The second-order valence-electron chi connectivity index (χ2n) is 5.01. The molecule has 0 aliphatic carbocycles. The standard InChI is InChI=1S/C15H17N3O3S/c19-22(20,18-11-12-5-8-16-9-6-12)15-4-2-1-3-13(15)14-7-10-17-21-14/h1-5,7,10,16,18H,6,8-9,11H2. The zero-order chi connectivity index (χ0) is 15.4. The van der Waals surface area contributed by atoms with Crippen LogP contribution in [0.3, 0.4) is 0 Å². The molecule has 1 aromatic carbocycles. The molecular formula is C15H17N3O3S. The Morgan fingerprint density at radius 1 is 1.27 bits per heavy atom. The minimum absolute atomic E-state index is 0.196. The molecule has 0 radical (unpaired) electrons. The Morgan fingerprint density at radius 2 is 2.14 bits per heavy atom. The topological polar surface area (TPSA) is 84.2 Å². The summed E-state index contributed by atoms with van der Waals surface area (Å²) in [5.41, 5.74) is 1.60. The highest BCUT2D eigenvalue weighted by atomic mass is 32.2. The zero-order valence-corrected chi connectivity index (χ0v) is 12.8. The smallest absolute Gasteiger partial charge is 0.241 e. The molecule has 1 aromatic heterocycles. The van der Waals surface area contributed by atoms with Crippen LogP contribution in [0, 0.1) is 0 Å². The van der Waals surface area contributed by atoms with Crippen LogP contribution in [0.15, 0.2) is 57.6 Å². The summed E-state index contributed by atoms with van der Waals surface area (Å²) >= 11 is 0. The molecule has 2 aromatic rings. The molecule has 3 rings (SSSR count). The summed E-state index contributed by atoms with van der Waals surface area (Å²) in [6.45, 7) is 1.99. The lowest BCUT2D eigenvalue weighted by atomic mass is 10.1. The van der Waals surface area contributed by atoms with Gasteiger partial charge in [-0.1, -0.05) is 28.9 Å². The quantitative estimate of drug-likeness (QED) is 0.817. The number of sulfonamides is 1. The van der Waals surface area contributed by atoms with Gasteiger partial charge in [0.15, 0.2) is 5.76 Å². The number of nitrogens with one attached hydrogen (secondary N) is 2. The second kappa shape index (κ2) is 6.43. The Labute approximate surface area is 129 Å². The van der Waals surface area contributed by atoms with Crippen LogP contribution in [0.5, 0.6) is 0 Å². The summed E-state index contributed by atoms with van der Waals surface area (Å²) in [4.78, 5) is 0.196. The fourth-order valence-electron chi connectivity index (χ4n) is 2.35. The van der Waals surface area contributed by atoms with E-state index in [0.717, 1.165) is 25.1 Å². The minimum atomic E-state index is -3.62. The van der Waals surface area contributed by atoms with Gasteiger partial charge in [-0.05, 0) is 25.1 Å². The average Bonchev–Trinajstić information content (AvgIpc) is 3.08. The lowest BCUT2D eigenvalue weighted by Gasteiger charge is -2.15. The van der Waals surface area contributed by atoms with Crippen LogP contribution in [0.2, 0.25) is 0 Å². The molecule has 0 saturated heterocycles. The van der Waals surface area contributed by atoms with Crippen LogP contribution < -0.4 is 10.0 Å². The highest BCUT2D eigenvalue weighted by Crippen LogP contribution is 2.26. The van der Waals surface area contributed by atoms with Crippen molar-refractivity contribution in [1.82, 2.24) is 15.2 Å². The molecule has 0 spiro atoms. The molecule has 0 atom stereocenters. The Bertz CT molecular complexity index is 767. The summed E-state index contributed by atoms with van der Waals surface area (Å²) in [6, 6.07) is 8.38. The largest absolute Gasteiger partial charge is 0.356 e. The van der Waals surface area contributed by atoms with E-state index in [1.54, 1.807) is 30.3 Å². The van der Waals surface area contributed by atoms with E-state index in [1.807, 2.05) is 6.08 Å². The van der Waals surface area contributed by atoms with Crippen molar-refractivity contribution in [3.63, 3.8) is 0 Å². The maximum Gasteiger partial charge on any atom is 0.241 e. The van der Waals surface area contributed by atoms with E-state index in [0.29, 0.717) is 17.9 Å². The summed E-state index contributed by atoms with van der Waals surface area (Å²) < 4.78 is 32.9. The van der Waals surface area contributed by atoms with Crippen LogP contribution >= 0.6 is 0 Å². The zero-order valence-electron chi connectivity index (χ0n) is 12.0. The monoisotopic (exact) mass is 319 g/mol. The van der Waals surface area contributed by atoms with Crippen LogP contribution in [-0.2, 0) is 10.0 Å². The van der Waals surface area contributed by atoms with Crippen molar-refractivity contribution >= 4 is 10.0 Å². The van der Waals surface area contributed by atoms with Gasteiger partial charge in [-0.25, -0.2) is 13.1 Å². The molecule has 0 amide bonds. The maximum atomic E-state index is 12.6. The number of hydrogen-bond acceptors (Lipinski definition) is 5. The highest BCUT2D eigenvalue weighted by Gasteiger charge is 2.20. The van der Waals surface area contributed by atoms with Crippen LogP contribution in [-0.4, -0.2) is 33.2 Å². The van der Waals surface area contributed by atoms with Gasteiger partial charge in [-0.3, -0.25) is 0 Å². The molecule has 22 heavy (non-hydrogen) atoms. The predicted molar refractivity (Wildman–Crippen MR) is 82.7 cm³/mol. The van der Waals surface area contributed by atoms with Gasteiger partial charge in [-0.15, -0.1) is 0 Å². The van der Waals surface area contributed by atoms with Crippen molar-refractivity contribution in [2.24, 2.45) is 0 Å². The predicted octanol–water partition coefficient (Wildman–Crippen LogP) is 1.54. The van der Waals surface area contributed by atoms with E-state index in [-0.39, 0.29) is 4.90 Å². The molecule has 1 aliphatic rings. The fraction of sp³-hybridized carbons (Fsp3) is 0.267. The number of hydrogen-bond donors (Lipinski definition) is 2. The highest BCUT2D eigenvalue weighted by molar-refractivity contribution is 7.89. The number of benzene rings is 1. The molecular weight excluding hydrogens is 302 g/mol. The molecule has 0 fully saturated rings. The van der Waals surface area contributed by atoms with E-state index < -0.39 is 10.0 Å². The Kier molecular flexibility index (Phi) is 4.37. The molecule has 0 saturated carbocycles. The van der Waals surface area contributed by atoms with E-state index in [4.69, 9.17) is 4.52 Å². The first-order valence-corrected chi connectivity index (χ1v) is 8.53. The molecule has 1 aliphatic heterocycles. The van der Waals surface area contributed by atoms with Gasteiger partial charge in [0.25, 0.3) is 0 Å². The van der Waals surface area contributed by atoms with E-state index in [1.165, 1.54) is 6.20 Å². The van der Waals surface area contributed by atoms with Crippen molar-refractivity contribution in [2.75, 3.05) is 19.6 Å². The van der Waals surface area contributed by atoms with Gasteiger partial charge < -0.3 is 9.84 Å².